The quantitative estimate of drug-likeness (QED) is 0.488. The lowest BCUT2D eigenvalue weighted by Crippen LogP contribution is -2.40. The fourth-order valence-electron chi connectivity index (χ4n) is 1.56. The Morgan fingerprint density at radius 1 is 1.50 bits per heavy atom. The molecule has 10 heteroatoms. The van der Waals surface area contributed by atoms with Crippen LogP contribution in [0.1, 0.15) is 26.2 Å². The number of nitriles is 1. The van der Waals surface area contributed by atoms with E-state index >= 15 is 0 Å². The number of aliphatic carboxylic acids is 1. The highest BCUT2D eigenvalue weighted by molar-refractivity contribution is 8.17. The van der Waals surface area contributed by atoms with Crippen molar-refractivity contribution in [2.45, 2.75) is 26.2 Å². The summed E-state index contributed by atoms with van der Waals surface area (Å²) in [7, 11) is -3.90. The van der Waals surface area contributed by atoms with Gasteiger partial charge >= 0.3 is 5.97 Å². The van der Waals surface area contributed by atoms with E-state index in [0.717, 1.165) is 0 Å². The Balaban J connectivity index is 5.61. The first kappa shape index (κ1) is 19.1. The Morgan fingerprint density at radius 3 is 2.40 bits per heavy atom. The van der Waals surface area contributed by atoms with E-state index in [2.05, 4.69) is 0 Å². The molecule has 0 fully saturated rings. The number of carboxylic acids is 1. The molecule has 0 aromatic rings. The summed E-state index contributed by atoms with van der Waals surface area (Å²) in [6.07, 6.45) is -0.676. The molecule has 0 aliphatic heterocycles. The van der Waals surface area contributed by atoms with Gasteiger partial charge in [0.1, 0.15) is 9.61 Å². The molecule has 0 radical (unpaired) electrons. The summed E-state index contributed by atoms with van der Waals surface area (Å²) in [6, 6.07) is 1.63. The SMILES string of the molecule is CCCS(=O)(=O)C(=S)C(C#N)(CCC(=O)O)CS(=O)O. The summed E-state index contributed by atoms with van der Waals surface area (Å²) < 4.78 is 43.1. The number of hydrogen-bond acceptors (Lipinski definition) is 6. The van der Waals surface area contributed by atoms with Gasteiger partial charge in [-0.2, -0.15) is 5.26 Å². The minimum atomic E-state index is -3.90. The molecule has 0 bridgehead atoms. The maximum atomic E-state index is 11.9. The standard InChI is InChI=1S/C10H15NO6S3/c1-2-5-20(16,17)9(18)10(6-11,7-19(14)15)4-3-8(12)13/h2-5,7H2,1H3,(H,12,13)(H,14,15). The van der Waals surface area contributed by atoms with Crippen molar-refractivity contribution in [1.29, 1.82) is 5.26 Å². The Labute approximate surface area is 125 Å². The predicted molar refractivity (Wildman–Crippen MR) is 77.2 cm³/mol. The predicted octanol–water partition coefficient (Wildman–Crippen LogP) is 0.735. The molecular weight excluding hydrogens is 326 g/mol. The molecule has 2 atom stereocenters. The van der Waals surface area contributed by atoms with Gasteiger partial charge in [0.25, 0.3) is 0 Å². The van der Waals surface area contributed by atoms with E-state index in [1.807, 2.05) is 0 Å². The van der Waals surface area contributed by atoms with Gasteiger partial charge in [-0.1, -0.05) is 19.1 Å². The number of nitrogens with zero attached hydrogens (tertiary/aromatic N) is 1. The van der Waals surface area contributed by atoms with E-state index in [0.29, 0.717) is 0 Å². The van der Waals surface area contributed by atoms with Gasteiger partial charge in [0, 0.05) is 6.42 Å². The van der Waals surface area contributed by atoms with E-state index in [1.165, 1.54) is 0 Å². The molecule has 0 aliphatic rings. The van der Waals surface area contributed by atoms with Crippen LogP contribution in [0.25, 0.3) is 0 Å². The Morgan fingerprint density at radius 2 is 2.05 bits per heavy atom. The number of thiocarbonyl (C=S) groups is 1. The average molecular weight is 341 g/mol. The van der Waals surface area contributed by atoms with E-state index in [4.69, 9.17) is 21.9 Å². The van der Waals surface area contributed by atoms with Crippen molar-refractivity contribution in [1.82, 2.24) is 0 Å². The van der Waals surface area contributed by atoms with Gasteiger partial charge < -0.3 is 9.66 Å². The van der Waals surface area contributed by atoms with E-state index in [9.17, 15) is 22.7 Å². The highest BCUT2D eigenvalue weighted by Gasteiger charge is 2.43. The summed E-state index contributed by atoms with van der Waals surface area (Å²) in [5.74, 6) is -2.26. The van der Waals surface area contributed by atoms with E-state index in [-0.39, 0.29) is 12.2 Å². The van der Waals surface area contributed by atoms with Gasteiger partial charge in [-0.15, -0.1) is 0 Å². The van der Waals surface area contributed by atoms with Crippen molar-refractivity contribution in [3.05, 3.63) is 0 Å². The summed E-state index contributed by atoms with van der Waals surface area (Å²) in [6.45, 7) is 1.61. The second-order valence-corrected chi connectivity index (χ2v) is 7.80. The molecule has 2 N–H and O–H groups in total. The van der Waals surface area contributed by atoms with Crippen LogP contribution in [-0.4, -0.2) is 44.0 Å². The van der Waals surface area contributed by atoms with E-state index < -0.39 is 55.1 Å². The molecule has 0 aromatic carbocycles. The summed E-state index contributed by atoms with van der Waals surface area (Å²) in [5.41, 5.74) is -1.94. The third-order valence-corrected chi connectivity index (χ3v) is 6.29. The van der Waals surface area contributed by atoms with Gasteiger partial charge in [0.05, 0.1) is 17.6 Å². The van der Waals surface area contributed by atoms with Crippen LogP contribution in [0.2, 0.25) is 0 Å². The van der Waals surface area contributed by atoms with Gasteiger partial charge in [-0.3, -0.25) is 4.79 Å². The third-order valence-electron chi connectivity index (χ3n) is 2.50. The van der Waals surface area contributed by atoms with Crippen molar-refractivity contribution < 1.29 is 27.1 Å². The topological polar surface area (TPSA) is 133 Å². The van der Waals surface area contributed by atoms with Crippen LogP contribution in [0.3, 0.4) is 0 Å². The van der Waals surface area contributed by atoms with Gasteiger partial charge in [-0.05, 0) is 12.8 Å². The Bertz CT molecular complexity index is 550. The van der Waals surface area contributed by atoms with Gasteiger partial charge in [0.2, 0.25) is 0 Å². The molecule has 20 heavy (non-hydrogen) atoms. The zero-order valence-electron chi connectivity index (χ0n) is 10.7. The second-order valence-electron chi connectivity index (χ2n) is 4.16. The fraction of sp³-hybridized carbons (Fsp3) is 0.700. The highest BCUT2D eigenvalue weighted by Crippen LogP contribution is 2.30. The fourth-order valence-corrected chi connectivity index (χ4v) is 4.52. The van der Waals surface area contributed by atoms with Crippen molar-refractivity contribution in [3.63, 3.8) is 0 Å². The van der Waals surface area contributed by atoms with Crippen molar-refractivity contribution in [3.8, 4) is 6.07 Å². The Hall–Kier alpha value is -0.890. The van der Waals surface area contributed by atoms with Crippen LogP contribution >= 0.6 is 12.2 Å². The highest BCUT2D eigenvalue weighted by atomic mass is 32.2. The lowest BCUT2D eigenvalue weighted by molar-refractivity contribution is -0.137. The monoisotopic (exact) mass is 341 g/mol. The largest absolute Gasteiger partial charge is 0.481 e. The first-order valence-electron chi connectivity index (χ1n) is 5.59. The zero-order chi connectivity index (χ0) is 16.0. The summed E-state index contributed by atoms with van der Waals surface area (Å²) in [5, 5.41) is 17.9. The van der Waals surface area contributed by atoms with Gasteiger partial charge in [0.15, 0.2) is 20.9 Å². The molecular formula is C10H15NO6S3. The normalized spacial score (nSPS) is 15.8. The third kappa shape index (κ3) is 5.24. The van der Waals surface area contributed by atoms with Crippen LogP contribution in [0.4, 0.5) is 0 Å². The maximum absolute atomic E-state index is 11.9. The van der Waals surface area contributed by atoms with Crippen LogP contribution in [0.5, 0.6) is 0 Å². The van der Waals surface area contributed by atoms with Crippen molar-refractivity contribution in [2.24, 2.45) is 5.41 Å². The van der Waals surface area contributed by atoms with Crippen molar-refractivity contribution >= 4 is 43.3 Å². The molecule has 7 nitrogen and oxygen atoms in total. The molecule has 0 aromatic heterocycles. The number of carbonyl (C=O) groups is 1. The second kappa shape index (κ2) is 7.78. The number of hydrogen-bond donors (Lipinski definition) is 2. The van der Waals surface area contributed by atoms with Crippen LogP contribution in [-0.2, 0) is 25.7 Å². The minimum absolute atomic E-state index is 0.269. The lowest BCUT2D eigenvalue weighted by atomic mass is 9.89. The summed E-state index contributed by atoms with van der Waals surface area (Å²) in [4.78, 5) is 10.6. The minimum Gasteiger partial charge on any atom is -0.481 e. The van der Waals surface area contributed by atoms with Crippen molar-refractivity contribution in [2.75, 3.05) is 11.5 Å². The van der Waals surface area contributed by atoms with Crippen LogP contribution in [0, 0.1) is 16.7 Å². The molecule has 0 saturated heterocycles. The van der Waals surface area contributed by atoms with E-state index in [1.54, 1.807) is 13.0 Å². The molecule has 0 spiro atoms. The maximum Gasteiger partial charge on any atom is 0.303 e. The smallest absolute Gasteiger partial charge is 0.303 e. The average Bonchev–Trinajstić information content (AvgIpc) is 2.33. The van der Waals surface area contributed by atoms with Crippen LogP contribution < -0.4 is 0 Å². The number of rotatable bonds is 8. The zero-order valence-corrected chi connectivity index (χ0v) is 13.2. The van der Waals surface area contributed by atoms with Gasteiger partial charge in [-0.25, -0.2) is 12.6 Å². The van der Waals surface area contributed by atoms with Crippen LogP contribution in [0.15, 0.2) is 0 Å². The summed E-state index contributed by atoms with van der Waals surface area (Å²) >= 11 is 2.33. The molecule has 0 amide bonds. The first-order chi connectivity index (χ1) is 9.11. The molecule has 0 aliphatic carbocycles. The number of carboxylic acid groups (broad SMARTS) is 1. The molecule has 2 unspecified atom stereocenters. The lowest BCUT2D eigenvalue weighted by Gasteiger charge is -2.25. The molecule has 0 rings (SSSR count). The Kier molecular flexibility index (Phi) is 7.43. The molecule has 0 heterocycles. The number of sulfone groups is 1. The molecule has 0 saturated carbocycles. The molecule has 114 valence electrons. The first-order valence-corrected chi connectivity index (χ1v) is 8.92.